The first-order chi connectivity index (χ1) is 6.22. The van der Waals surface area contributed by atoms with Crippen LogP contribution in [-0.4, -0.2) is 16.8 Å². The van der Waals surface area contributed by atoms with Crippen LogP contribution in [0.3, 0.4) is 0 Å². The number of aldehydes is 1. The summed E-state index contributed by atoms with van der Waals surface area (Å²) in [6, 6.07) is 7.12. The Bertz CT molecular complexity index is 267. The molecule has 0 amide bonds. The van der Waals surface area contributed by atoms with Crippen LogP contribution in [0.15, 0.2) is 24.3 Å². The lowest BCUT2D eigenvalue weighted by molar-refractivity contribution is 0.112. The Balaban J connectivity index is 2.54. The summed E-state index contributed by atoms with van der Waals surface area (Å²) in [7, 11) is 0. The predicted molar refractivity (Wildman–Crippen MR) is 60.8 cm³/mol. The summed E-state index contributed by atoms with van der Waals surface area (Å²) >= 11 is 2.30. The lowest BCUT2D eigenvalue weighted by Gasteiger charge is -2.06. The fourth-order valence-corrected chi connectivity index (χ4v) is 1.03. The molecule has 1 aromatic rings. The van der Waals surface area contributed by atoms with Gasteiger partial charge in [0.05, 0.1) is 6.61 Å². The van der Waals surface area contributed by atoms with E-state index < -0.39 is 0 Å². The molecule has 70 valence electrons. The van der Waals surface area contributed by atoms with Crippen molar-refractivity contribution in [3.8, 4) is 5.75 Å². The highest BCUT2D eigenvalue weighted by atomic mass is 127. The fourth-order valence-electron chi connectivity index (χ4n) is 0.854. The molecule has 3 heteroatoms. The molecule has 0 aliphatic carbocycles. The van der Waals surface area contributed by atoms with Crippen LogP contribution in [0.2, 0.25) is 0 Å². The third kappa shape index (κ3) is 3.76. The van der Waals surface area contributed by atoms with Crippen LogP contribution in [0.4, 0.5) is 0 Å². The molecule has 2 nitrogen and oxygen atoms in total. The number of hydrogen-bond donors (Lipinski definition) is 0. The summed E-state index contributed by atoms with van der Waals surface area (Å²) in [5.74, 6) is 0.814. The smallest absolute Gasteiger partial charge is 0.150 e. The van der Waals surface area contributed by atoms with Gasteiger partial charge in [0.1, 0.15) is 12.0 Å². The van der Waals surface area contributed by atoms with Gasteiger partial charge >= 0.3 is 0 Å². The van der Waals surface area contributed by atoms with E-state index in [4.69, 9.17) is 4.74 Å². The maximum atomic E-state index is 10.3. The lowest BCUT2D eigenvalue weighted by Crippen LogP contribution is -2.06. The number of benzene rings is 1. The summed E-state index contributed by atoms with van der Waals surface area (Å²) in [6.45, 7) is 2.78. The molecule has 1 atom stereocenters. The standard InChI is InChI=1S/C10H11IO2/c1-8(11)7-13-10-4-2-9(6-12)3-5-10/h2-6,8H,7H2,1H3. The molecule has 1 unspecified atom stereocenters. The molecule has 0 heterocycles. The van der Waals surface area contributed by atoms with Crippen LogP contribution in [0.5, 0.6) is 5.75 Å². The first kappa shape index (κ1) is 10.5. The molecular weight excluding hydrogens is 279 g/mol. The van der Waals surface area contributed by atoms with Gasteiger partial charge in [-0.3, -0.25) is 4.79 Å². The highest BCUT2D eigenvalue weighted by Crippen LogP contribution is 2.12. The van der Waals surface area contributed by atoms with E-state index in [9.17, 15) is 4.79 Å². The minimum absolute atomic E-state index is 0.489. The van der Waals surface area contributed by atoms with E-state index in [1.165, 1.54) is 0 Å². The zero-order valence-electron chi connectivity index (χ0n) is 7.37. The molecule has 0 saturated heterocycles. The molecular formula is C10H11IO2. The maximum absolute atomic E-state index is 10.3. The first-order valence-corrected chi connectivity index (χ1v) is 5.29. The van der Waals surface area contributed by atoms with Gasteiger partial charge in [-0.15, -0.1) is 0 Å². The molecule has 0 fully saturated rings. The number of ether oxygens (including phenoxy) is 1. The fraction of sp³-hybridized carbons (Fsp3) is 0.300. The van der Waals surface area contributed by atoms with Crippen molar-refractivity contribution in [2.75, 3.05) is 6.61 Å². The van der Waals surface area contributed by atoms with Gasteiger partial charge in [-0.05, 0) is 24.3 Å². The number of rotatable bonds is 4. The number of carbonyl (C=O) groups excluding carboxylic acids is 1. The minimum Gasteiger partial charge on any atom is -0.493 e. The number of alkyl halides is 1. The van der Waals surface area contributed by atoms with Gasteiger partial charge in [0, 0.05) is 9.49 Å². The molecule has 0 saturated carbocycles. The van der Waals surface area contributed by atoms with E-state index in [0.29, 0.717) is 16.1 Å². The molecule has 0 radical (unpaired) electrons. The average molecular weight is 290 g/mol. The number of carbonyl (C=O) groups is 1. The van der Waals surface area contributed by atoms with Gasteiger partial charge in [0.15, 0.2) is 0 Å². The molecule has 1 rings (SSSR count). The third-order valence-corrected chi connectivity index (χ3v) is 1.86. The van der Waals surface area contributed by atoms with Crippen LogP contribution in [0.25, 0.3) is 0 Å². The second-order valence-electron chi connectivity index (χ2n) is 2.78. The Morgan fingerprint density at radius 2 is 2.08 bits per heavy atom. The Hall–Kier alpha value is -0.580. The van der Waals surface area contributed by atoms with Gasteiger partial charge in [-0.2, -0.15) is 0 Å². The summed E-state index contributed by atoms with van der Waals surface area (Å²) in [5.41, 5.74) is 0.676. The molecule has 0 N–H and O–H groups in total. The van der Waals surface area contributed by atoms with Crippen molar-refractivity contribution in [3.63, 3.8) is 0 Å². The first-order valence-electron chi connectivity index (χ1n) is 4.04. The van der Waals surface area contributed by atoms with Crippen molar-refractivity contribution in [3.05, 3.63) is 29.8 Å². The van der Waals surface area contributed by atoms with Crippen molar-refractivity contribution in [2.24, 2.45) is 0 Å². The lowest BCUT2D eigenvalue weighted by atomic mass is 10.2. The monoisotopic (exact) mass is 290 g/mol. The SMILES string of the molecule is CC(I)COc1ccc(C=O)cc1. The minimum atomic E-state index is 0.489. The molecule has 13 heavy (non-hydrogen) atoms. The highest BCUT2D eigenvalue weighted by Gasteiger charge is 1.97. The summed E-state index contributed by atoms with van der Waals surface area (Å²) in [4.78, 5) is 10.3. The van der Waals surface area contributed by atoms with E-state index in [-0.39, 0.29) is 0 Å². The van der Waals surface area contributed by atoms with Crippen molar-refractivity contribution in [1.29, 1.82) is 0 Å². The van der Waals surface area contributed by atoms with Crippen molar-refractivity contribution in [2.45, 2.75) is 10.8 Å². The maximum Gasteiger partial charge on any atom is 0.150 e. The number of hydrogen-bond acceptors (Lipinski definition) is 2. The van der Waals surface area contributed by atoms with Crippen LogP contribution < -0.4 is 4.74 Å². The van der Waals surface area contributed by atoms with Gasteiger partial charge in [0.2, 0.25) is 0 Å². The zero-order chi connectivity index (χ0) is 9.68. The van der Waals surface area contributed by atoms with Gasteiger partial charge < -0.3 is 4.74 Å². The number of halogens is 1. The average Bonchev–Trinajstić information content (AvgIpc) is 2.15. The van der Waals surface area contributed by atoms with Crippen LogP contribution >= 0.6 is 22.6 Å². The Morgan fingerprint density at radius 3 is 2.54 bits per heavy atom. The zero-order valence-corrected chi connectivity index (χ0v) is 9.52. The Kier molecular flexibility index (Phi) is 4.21. The van der Waals surface area contributed by atoms with E-state index >= 15 is 0 Å². The van der Waals surface area contributed by atoms with Crippen molar-refractivity contribution in [1.82, 2.24) is 0 Å². The van der Waals surface area contributed by atoms with Crippen LogP contribution in [0.1, 0.15) is 17.3 Å². The normalized spacial score (nSPS) is 12.2. The highest BCUT2D eigenvalue weighted by molar-refractivity contribution is 14.1. The molecule has 0 aromatic heterocycles. The summed E-state index contributed by atoms with van der Waals surface area (Å²) in [6.07, 6.45) is 0.824. The summed E-state index contributed by atoms with van der Waals surface area (Å²) < 4.78 is 5.93. The second kappa shape index (κ2) is 5.21. The third-order valence-electron chi connectivity index (χ3n) is 1.50. The van der Waals surface area contributed by atoms with Crippen molar-refractivity contribution >= 4 is 28.9 Å². The Morgan fingerprint density at radius 1 is 1.46 bits per heavy atom. The quantitative estimate of drug-likeness (QED) is 0.484. The van der Waals surface area contributed by atoms with Gasteiger partial charge in [-0.25, -0.2) is 0 Å². The van der Waals surface area contributed by atoms with E-state index in [0.717, 1.165) is 12.0 Å². The van der Waals surface area contributed by atoms with Crippen LogP contribution in [-0.2, 0) is 0 Å². The van der Waals surface area contributed by atoms with Gasteiger partial charge in [0.25, 0.3) is 0 Å². The van der Waals surface area contributed by atoms with Crippen molar-refractivity contribution < 1.29 is 9.53 Å². The molecule has 0 aliphatic rings. The van der Waals surface area contributed by atoms with Gasteiger partial charge in [-0.1, -0.05) is 29.5 Å². The second-order valence-corrected chi connectivity index (χ2v) is 4.91. The molecule has 0 aliphatic heterocycles. The Labute approximate surface area is 91.4 Å². The summed E-state index contributed by atoms with van der Waals surface area (Å²) in [5, 5.41) is 0. The van der Waals surface area contributed by atoms with E-state index in [1.54, 1.807) is 12.1 Å². The van der Waals surface area contributed by atoms with E-state index in [2.05, 4.69) is 29.5 Å². The topological polar surface area (TPSA) is 26.3 Å². The largest absolute Gasteiger partial charge is 0.493 e. The van der Waals surface area contributed by atoms with E-state index in [1.807, 2.05) is 12.1 Å². The predicted octanol–water partition coefficient (Wildman–Crippen LogP) is 2.70. The molecule has 0 spiro atoms. The molecule has 1 aromatic carbocycles. The molecule has 0 bridgehead atoms. The van der Waals surface area contributed by atoms with Crippen LogP contribution in [0, 0.1) is 0 Å².